The number of nitrogens with one attached hydrogen (secondary N) is 2. The number of likely N-dealkylation sites (tertiary alicyclic amines) is 1. The van der Waals surface area contributed by atoms with E-state index < -0.39 is 4.92 Å². The fraction of sp³-hybridized carbons (Fsp3) is 0.579. The number of nitro groups is 1. The summed E-state index contributed by atoms with van der Waals surface area (Å²) in [5.41, 5.74) is 0.753. The van der Waals surface area contributed by atoms with Crippen molar-refractivity contribution in [3.8, 4) is 0 Å². The van der Waals surface area contributed by atoms with Crippen molar-refractivity contribution in [2.75, 3.05) is 18.4 Å². The summed E-state index contributed by atoms with van der Waals surface area (Å²) in [6, 6.07) is 5.07. The Bertz CT molecular complexity index is 765. The summed E-state index contributed by atoms with van der Waals surface area (Å²) >= 11 is 0. The van der Waals surface area contributed by atoms with Gasteiger partial charge in [-0.05, 0) is 50.7 Å². The van der Waals surface area contributed by atoms with E-state index in [4.69, 9.17) is 0 Å². The number of benzene rings is 1. The van der Waals surface area contributed by atoms with Gasteiger partial charge in [0.1, 0.15) is 5.69 Å². The fourth-order valence-corrected chi connectivity index (χ4v) is 3.46. The highest BCUT2D eigenvalue weighted by atomic mass is 16.6. The van der Waals surface area contributed by atoms with Crippen LogP contribution in [0.2, 0.25) is 0 Å². The van der Waals surface area contributed by atoms with E-state index in [1.807, 2.05) is 0 Å². The van der Waals surface area contributed by atoms with Gasteiger partial charge in [-0.1, -0.05) is 0 Å². The summed E-state index contributed by atoms with van der Waals surface area (Å²) < 4.78 is 0. The number of hydrogen-bond acceptors (Lipinski definition) is 5. The van der Waals surface area contributed by atoms with Crippen molar-refractivity contribution in [3.63, 3.8) is 0 Å². The number of carbonyl (C=O) groups is 2. The maximum Gasteiger partial charge on any atom is 0.293 e. The molecule has 1 heterocycles. The van der Waals surface area contributed by atoms with Crippen LogP contribution in [0.3, 0.4) is 0 Å². The van der Waals surface area contributed by atoms with Gasteiger partial charge in [-0.3, -0.25) is 19.7 Å². The van der Waals surface area contributed by atoms with E-state index in [-0.39, 0.29) is 29.5 Å². The van der Waals surface area contributed by atoms with E-state index in [2.05, 4.69) is 10.6 Å². The summed E-state index contributed by atoms with van der Waals surface area (Å²) in [6.45, 7) is 1.09. The van der Waals surface area contributed by atoms with Crippen LogP contribution in [0.4, 0.5) is 11.4 Å². The molecule has 0 bridgehead atoms. The second kappa shape index (κ2) is 7.17. The fourth-order valence-electron chi connectivity index (χ4n) is 3.46. The first kappa shape index (κ1) is 17.8. The highest BCUT2D eigenvalue weighted by Crippen LogP contribution is 2.32. The predicted octanol–water partition coefficient (Wildman–Crippen LogP) is 2.30. The molecule has 0 unspecified atom stereocenters. The van der Waals surface area contributed by atoms with Crippen molar-refractivity contribution < 1.29 is 14.5 Å². The normalized spacial score (nSPS) is 20.2. The number of nitrogens with zero attached hydrogens (tertiary/aromatic N) is 2. The summed E-state index contributed by atoms with van der Waals surface area (Å²) in [6.07, 6.45) is 5.43. The number of rotatable bonds is 6. The Hall–Kier alpha value is -2.64. The minimum Gasteiger partial charge on any atom is -0.377 e. The zero-order valence-electron chi connectivity index (χ0n) is 15.1. The maximum atomic E-state index is 12.8. The van der Waals surface area contributed by atoms with Gasteiger partial charge in [0.2, 0.25) is 5.91 Å². The van der Waals surface area contributed by atoms with E-state index in [0.717, 1.165) is 25.7 Å². The Kier molecular flexibility index (Phi) is 4.72. The first-order chi connectivity index (χ1) is 13.0. The van der Waals surface area contributed by atoms with Crippen LogP contribution in [-0.4, -0.2) is 46.8 Å². The van der Waals surface area contributed by atoms with Crippen LogP contribution in [0.15, 0.2) is 18.2 Å². The number of hydrogen-bond donors (Lipinski definition) is 2. The molecule has 1 aromatic carbocycles. The molecule has 8 heteroatoms. The SMILES string of the molecule is O=C(NC1CCN(C(=O)c2ccc(NC3CC3)c([N+](=O)[O-])c2)CC1)C1CC1. The Morgan fingerprint density at radius 3 is 2.33 bits per heavy atom. The molecule has 4 rings (SSSR count). The van der Waals surface area contributed by atoms with Crippen LogP contribution in [0, 0.1) is 16.0 Å². The van der Waals surface area contributed by atoms with Crippen LogP contribution < -0.4 is 10.6 Å². The Morgan fingerprint density at radius 1 is 1.04 bits per heavy atom. The monoisotopic (exact) mass is 372 g/mol. The van der Waals surface area contributed by atoms with Crippen LogP contribution in [0.5, 0.6) is 0 Å². The maximum absolute atomic E-state index is 12.8. The van der Waals surface area contributed by atoms with Crippen LogP contribution in [0.25, 0.3) is 0 Å². The molecule has 2 saturated carbocycles. The van der Waals surface area contributed by atoms with E-state index in [0.29, 0.717) is 43.2 Å². The van der Waals surface area contributed by atoms with Crippen molar-refractivity contribution >= 4 is 23.2 Å². The average Bonchev–Trinajstić information content (AvgIpc) is 3.55. The molecule has 0 aromatic heterocycles. The third-order valence-corrected chi connectivity index (χ3v) is 5.46. The lowest BCUT2D eigenvalue weighted by Gasteiger charge is -2.32. The van der Waals surface area contributed by atoms with Crippen molar-refractivity contribution in [1.82, 2.24) is 10.2 Å². The molecule has 2 aliphatic carbocycles. The molecule has 1 saturated heterocycles. The summed E-state index contributed by atoms with van der Waals surface area (Å²) in [7, 11) is 0. The van der Waals surface area contributed by atoms with Gasteiger partial charge in [-0.2, -0.15) is 0 Å². The number of anilines is 1. The Balaban J connectivity index is 1.38. The molecule has 27 heavy (non-hydrogen) atoms. The molecule has 3 aliphatic rings. The van der Waals surface area contributed by atoms with Crippen molar-refractivity contribution in [3.05, 3.63) is 33.9 Å². The Morgan fingerprint density at radius 2 is 1.74 bits per heavy atom. The smallest absolute Gasteiger partial charge is 0.293 e. The van der Waals surface area contributed by atoms with Crippen LogP contribution in [-0.2, 0) is 4.79 Å². The summed E-state index contributed by atoms with van der Waals surface area (Å²) in [5, 5.41) is 17.6. The zero-order chi connectivity index (χ0) is 19.0. The van der Waals surface area contributed by atoms with Crippen molar-refractivity contribution in [1.29, 1.82) is 0 Å². The lowest BCUT2D eigenvalue weighted by Crippen LogP contribution is -2.46. The molecule has 0 radical (unpaired) electrons. The molecule has 144 valence electrons. The van der Waals surface area contributed by atoms with Gasteiger partial charge >= 0.3 is 0 Å². The molecule has 2 amide bonds. The minimum atomic E-state index is -0.443. The second-order valence-electron chi connectivity index (χ2n) is 7.76. The van der Waals surface area contributed by atoms with Crippen molar-refractivity contribution in [2.24, 2.45) is 5.92 Å². The number of piperidine rings is 1. The van der Waals surface area contributed by atoms with Gasteiger partial charge in [0.05, 0.1) is 4.92 Å². The highest BCUT2D eigenvalue weighted by Gasteiger charge is 2.33. The first-order valence-corrected chi connectivity index (χ1v) is 9.66. The van der Waals surface area contributed by atoms with Gasteiger partial charge in [0, 0.05) is 42.7 Å². The summed E-state index contributed by atoms with van der Waals surface area (Å²) in [5.74, 6) is 0.130. The van der Waals surface area contributed by atoms with E-state index in [9.17, 15) is 19.7 Å². The van der Waals surface area contributed by atoms with E-state index in [1.165, 1.54) is 6.07 Å². The largest absolute Gasteiger partial charge is 0.377 e. The van der Waals surface area contributed by atoms with Gasteiger partial charge in [-0.15, -0.1) is 0 Å². The molecule has 0 atom stereocenters. The Labute approximate surface area is 157 Å². The number of nitro benzene ring substituents is 1. The molecule has 8 nitrogen and oxygen atoms in total. The van der Waals surface area contributed by atoms with Gasteiger partial charge in [0.25, 0.3) is 11.6 Å². The lowest BCUT2D eigenvalue weighted by atomic mass is 10.0. The third kappa shape index (κ3) is 4.20. The molecule has 1 aromatic rings. The van der Waals surface area contributed by atoms with E-state index >= 15 is 0 Å². The quantitative estimate of drug-likeness (QED) is 0.589. The highest BCUT2D eigenvalue weighted by molar-refractivity contribution is 5.96. The molecule has 0 spiro atoms. The molecule has 3 fully saturated rings. The zero-order valence-corrected chi connectivity index (χ0v) is 15.1. The van der Waals surface area contributed by atoms with Crippen molar-refractivity contribution in [2.45, 2.75) is 50.6 Å². The summed E-state index contributed by atoms with van der Waals surface area (Å²) in [4.78, 5) is 37.3. The number of carbonyl (C=O) groups excluding carboxylic acids is 2. The average molecular weight is 372 g/mol. The standard InChI is InChI=1S/C19H24N4O4/c24-18(12-1-2-12)21-15-7-9-22(10-8-15)19(25)13-3-6-16(20-14-4-5-14)17(11-13)23(26)27/h3,6,11-12,14-15,20H,1-2,4-5,7-10H2,(H,21,24). The second-order valence-corrected chi connectivity index (χ2v) is 7.76. The van der Waals surface area contributed by atoms with Gasteiger partial charge < -0.3 is 15.5 Å². The molecule has 2 N–H and O–H groups in total. The number of amides is 2. The minimum absolute atomic E-state index is 0.0562. The predicted molar refractivity (Wildman–Crippen MR) is 99.5 cm³/mol. The van der Waals surface area contributed by atoms with Gasteiger partial charge in [0.15, 0.2) is 0 Å². The van der Waals surface area contributed by atoms with Crippen LogP contribution >= 0.6 is 0 Å². The topological polar surface area (TPSA) is 105 Å². The first-order valence-electron chi connectivity index (χ1n) is 9.66. The molecular weight excluding hydrogens is 348 g/mol. The lowest BCUT2D eigenvalue weighted by molar-refractivity contribution is -0.384. The third-order valence-electron chi connectivity index (χ3n) is 5.46. The van der Waals surface area contributed by atoms with E-state index in [1.54, 1.807) is 17.0 Å². The molecular formula is C19H24N4O4. The van der Waals surface area contributed by atoms with Gasteiger partial charge in [-0.25, -0.2) is 0 Å². The van der Waals surface area contributed by atoms with Crippen LogP contribution in [0.1, 0.15) is 48.9 Å². The molecule has 1 aliphatic heterocycles.